The maximum absolute atomic E-state index is 13.6. The molecule has 1 atom stereocenters. The number of benzene rings is 2. The molecule has 0 saturated heterocycles. The van der Waals surface area contributed by atoms with Gasteiger partial charge < -0.3 is 25.0 Å². The van der Waals surface area contributed by atoms with Gasteiger partial charge in [-0.15, -0.1) is 0 Å². The van der Waals surface area contributed by atoms with Crippen molar-refractivity contribution in [1.82, 2.24) is 25.7 Å². The zero-order valence-corrected chi connectivity index (χ0v) is 23.7. The smallest absolute Gasteiger partial charge is 0.242 e. The number of amides is 2. The number of likely N-dealkylation sites (N-methyl/N-ethyl adjacent to an activating group) is 1. The zero-order valence-electron chi connectivity index (χ0n) is 23.7. The normalized spacial score (nSPS) is 14.7. The van der Waals surface area contributed by atoms with Crippen molar-refractivity contribution in [2.24, 2.45) is 0 Å². The van der Waals surface area contributed by atoms with Gasteiger partial charge in [0.05, 0.1) is 13.1 Å². The van der Waals surface area contributed by atoms with Crippen LogP contribution in [0.4, 0.5) is 5.69 Å². The first-order valence-electron chi connectivity index (χ1n) is 13.7. The summed E-state index contributed by atoms with van der Waals surface area (Å²) in [5, 5.41) is 10.3. The van der Waals surface area contributed by atoms with E-state index in [0.29, 0.717) is 30.8 Å². The largest absolute Gasteiger partial charge is 0.353 e. The first-order chi connectivity index (χ1) is 18.7. The molecule has 1 heterocycles. The molecule has 4 rings (SSSR count). The van der Waals surface area contributed by atoms with Gasteiger partial charge in [-0.2, -0.15) is 4.98 Å². The maximum Gasteiger partial charge on any atom is 0.242 e. The van der Waals surface area contributed by atoms with Gasteiger partial charge in [0, 0.05) is 50.4 Å². The lowest BCUT2D eigenvalue weighted by molar-refractivity contribution is -0.130. The second kappa shape index (κ2) is 12.9. The Balaban J connectivity index is 1.52. The Morgan fingerprint density at radius 3 is 2.56 bits per heavy atom. The van der Waals surface area contributed by atoms with Crippen LogP contribution in [0.5, 0.6) is 0 Å². The highest BCUT2D eigenvalue weighted by atomic mass is 16.5. The lowest BCUT2D eigenvalue weighted by Gasteiger charge is -2.34. The second-order valence-corrected chi connectivity index (χ2v) is 10.6. The van der Waals surface area contributed by atoms with Crippen LogP contribution in [0.25, 0.3) is 11.4 Å². The Bertz CT molecular complexity index is 1290. The van der Waals surface area contributed by atoms with E-state index in [1.165, 1.54) is 11.1 Å². The van der Waals surface area contributed by atoms with Crippen molar-refractivity contribution in [3.05, 3.63) is 65.0 Å². The zero-order chi connectivity index (χ0) is 27.9. The Labute approximate surface area is 231 Å². The van der Waals surface area contributed by atoms with Crippen molar-refractivity contribution in [3.8, 4) is 11.4 Å². The Morgan fingerprint density at radius 2 is 1.85 bits per heavy atom. The summed E-state index contributed by atoms with van der Waals surface area (Å²) in [6.07, 6.45) is 2.72. The van der Waals surface area contributed by atoms with Crippen LogP contribution in [-0.2, 0) is 22.4 Å². The van der Waals surface area contributed by atoms with Gasteiger partial charge in [0.25, 0.3) is 0 Å². The Hall–Kier alpha value is -3.72. The summed E-state index contributed by atoms with van der Waals surface area (Å²) >= 11 is 0. The van der Waals surface area contributed by atoms with E-state index in [2.05, 4.69) is 58.9 Å². The average molecular weight is 533 g/mol. The monoisotopic (exact) mass is 532 g/mol. The quantitative estimate of drug-likeness (QED) is 0.365. The fraction of sp³-hybridized carbons (Fsp3) is 0.467. The summed E-state index contributed by atoms with van der Waals surface area (Å²) in [7, 11) is 1.88. The van der Waals surface area contributed by atoms with E-state index in [0.717, 1.165) is 36.1 Å². The van der Waals surface area contributed by atoms with E-state index in [9.17, 15) is 9.59 Å². The number of carbonyl (C=O) groups is 2. The fourth-order valence-corrected chi connectivity index (χ4v) is 5.01. The van der Waals surface area contributed by atoms with Gasteiger partial charge in [-0.05, 0) is 48.9 Å². The van der Waals surface area contributed by atoms with Gasteiger partial charge >= 0.3 is 0 Å². The molecule has 0 fully saturated rings. The molecule has 1 aliphatic rings. The third-order valence-corrected chi connectivity index (χ3v) is 7.26. The van der Waals surface area contributed by atoms with Crippen molar-refractivity contribution >= 4 is 17.5 Å². The molecule has 3 aromatic rings. The molecule has 0 spiro atoms. The van der Waals surface area contributed by atoms with Crippen LogP contribution in [0.3, 0.4) is 0 Å². The highest BCUT2D eigenvalue weighted by Gasteiger charge is 2.27. The number of nitrogens with one attached hydrogen (secondary N) is 2. The number of hydrogen-bond donors (Lipinski definition) is 2. The van der Waals surface area contributed by atoms with Crippen molar-refractivity contribution < 1.29 is 14.1 Å². The summed E-state index contributed by atoms with van der Waals surface area (Å²) < 4.78 is 5.17. The molecule has 0 radical (unpaired) electrons. The number of rotatable bonds is 11. The van der Waals surface area contributed by atoms with Crippen molar-refractivity contribution in [1.29, 1.82) is 0 Å². The fourth-order valence-electron chi connectivity index (χ4n) is 5.01. The summed E-state index contributed by atoms with van der Waals surface area (Å²) in [5.41, 5.74) is 5.18. The minimum atomic E-state index is -0.136. The number of hydrogen-bond acceptors (Lipinski definition) is 7. The van der Waals surface area contributed by atoms with Crippen molar-refractivity contribution in [2.75, 3.05) is 38.1 Å². The van der Waals surface area contributed by atoms with Gasteiger partial charge in [0.15, 0.2) is 0 Å². The number of aromatic nitrogens is 2. The second-order valence-electron chi connectivity index (χ2n) is 10.6. The van der Waals surface area contributed by atoms with Crippen LogP contribution >= 0.6 is 0 Å². The third-order valence-electron chi connectivity index (χ3n) is 7.26. The molecule has 2 aromatic carbocycles. The molecule has 2 amide bonds. The van der Waals surface area contributed by atoms with E-state index in [4.69, 9.17) is 4.52 Å². The van der Waals surface area contributed by atoms with Gasteiger partial charge in [0.1, 0.15) is 0 Å². The molecule has 9 nitrogen and oxygen atoms in total. The van der Waals surface area contributed by atoms with E-state index in [-0.39, 0.29) is 30.9 Å². The maximum atomic E-state index is 13.6. The molecule has 208 valence electrons. The van der Waals surface area contributed by atoms with E-state index in [1.807, 2.05) is 42.0 Å². The van der Waals surface area contributed by atoms with E-state index >= 15 is 0 Å². The lowest BCUT2D eigenvalue weighted by Crippen LogP contribution is -2.48. The van der Waals surface area contributed by atoms with Crippen molar-refractivity contribution in [2.45, 2.75) is 59.0 Å². The Morgan fingerprint density at radius 1 is 1.08 bits per heavy atom. The Kier molecular flexibility index (Phi) is 9.35. The lowest BCUT2D eigenvalue weighted by atomic mass is 9.87. The number of fused-ring (bicyclic) bond motifs is 1. The highest BCUT2D eigenvalue weighted by molar-refractivity contribution is 5.87. The standard InChI is InChI=1S/C30H40N6O3/c1-20(2)31-14-15-32-28(37)18-36(27-17-25(11-10-21(27)3)30-33-22(4)39-34-30)19-29(38)35(5)26-13-12-23-8-6-7-9-24(23)16-26/h6-11,17,20,26,31H,12-16,18-19H2,1-5H3,(H,32,37). The van der Waals surface area contributed by atoms with Crippen LogP contribution in [0.15, 0.2) is 47.0 Å². The summed E-state index contributed by atoms with van der Waals surface area (Å²) in [5.74, 6) is 0.795. The van der Waals surface area contributed by atoms with Gasteiger partial charge in [0.2, 0.25) is 23.5 Å². The molecule has 0 bridgehead atoms. The minimum absolute atomic E-state index is 0.0196. The summed E-state index contributed by atoms with van der Waals surface area (Å²) in [6.45, 7) is 9.20. The molecule has 39 heavy (non-hydrogen) atoms. The summed E-state index contributed by atoms with van der Waals surface area (Å²) in [6, 6.07) is 14.7. The number of carbonyl (C=O) groups excluding carboxylic acids is 2. The molecule has 2 N–H and O–H groups in total. The van der Waals surface area contributed by atoms with Crippen LogP contribution in [0.1, 0.15) is 42.8 Å². The predicted octanol–water partition coefficient (Wildman–Crippen LogP) is 3.29. The molecule has 1 aliphatic carbocycles. The van der Waals surface area contributed by atoms with Crippen LogP contribution < -0.4 is 15.5 Å². The van der Waals surface area contributed by atoms with Crippen LogP contribution in [0.2, 0.25) is 0 Å². The highest BCUT2D eigenvalue weighted by Crippen LogP contribution is 2.28. The SMILES string of the molecule is Cc1nc(-c2ccc(C)c(N(CC(=O)NCCNC(C)C)CC(=O)N(C)C3CCc4ccccc4C3)c2)no1. The summed E-state index contributed by atoms with van der Waals surface area (Å²) in [4.78, 5) is 34.7. The predicted molar refractivity (Wildman–Crippen MR) is 153 cm³/mol. The minimum Gasteiger partial charge on any atom is -0.353 e. The number of anilines is 1. The van der Waals surface area contributed by atoms with E-state index < -0.39 is 0 Å². The first kappa shape index (κ1) is 28.3. The first-order valence-corrected chi connectivity index (χ1v) is 13.7. The molecular weight excluding hydrogens is 492 g/mol. The van der Waals surface area contributed by atoms with Gasteiger partial charge in [-0.25, -0.2) is 0 Å². The number of nitrogens with zero attached hydrogens (tertiary/aromatic N) is 4. The third kappa shape index (κ3) is 7.44. The topological polar surface area (TPSA) is 104 Å². The molecule has 1 aromatic heterocycles. The molecule has 1 unspecified atom stereocenters. The molecular formula is C30H40N6O3. The van der Waals surface area contributed by atoms with Crippen LogP contribution in [0, 0.1) is 13.8 Å². The van der Waals surface area contributed by atoms with Gasteiger partial charge in [-0.1, -0.05) is 55.4 Å². The molecule has 0 saturated carbocycles. The molecule has 0 aliphatic heterocycles. The average Bonchev–Trinajstić information content (AvgIpc) is 3.36. The van der Waals surface area contributed by atoms with Crippen molar-refractivity contribution in [3.63, 3.8) is 0 Å². The van der Waals surface area contributed by atoms with Gasteiger partial charge in [-0.3, -0.25) is 9.59 Å². The number of aryl methyl sites for hydroxylation is 3. The molecule has 9 heteroatoms. The van der Waals surface area contributed by atoms with Crippen LogP contribution in [-0.4, -0.2) is 72.2 Å². The van der Waals surface area contributed by atoms with E-state index in [1.54, 1.807) is 6.92 Å².